The normalized spacial score (nSPS) is 22.2. The van der Waals surface area contributed by atoms with Gasteiger partial charge in [0.1, 0.15) is 5.82 Å². The molecule has 1 aromatic rings. The number of hydrogen-bond donors (Lipinski definition) is 1. The minimum atomic E-state index is -1.40. The maximum absolute atomic E-state index is 13.8. The first-order valence-corrected chi connectivity index (χ1v) is 9.12. The molecule has 0 radical (unpaired) electrons. The molecule has 2 heterocycles. The number of carbonyl (C=O) groups excluding carboxylic acids is 1. The second-order valence-electron chi connectivity index (χ2n) is 6.93. The average molecular weight is 334 g/mol. The van der Waals surface area contributed by atoms with E-state index in [1.807, 2.05) is 0 Å². The quantitative estimate of drug-likeness (QED) is 0.924. The van der Waals surface area contributed by atoms with Crippen LogP contribution in [0.4, 0.5) is 4.39 Å². The minimum Gasteiger partial charge on any atom is -0.378 e. The first kappa shape index (κ1) is 17.4. The topological polar surface area (TPSA) is 43.8 Å². The fraction of sp³-hybridized carbons (Fsp3) is 0.632. The van der Waals surface area contributed by atoms with Crippen LogP contribution in [0.5, 0.6) is 0 Å². The number of nitrogens with zero attached hydrogens (tertiary/aromatic N) is 2. The Labute approximate surface area is 143 Å². The van der Waals surface area contributed by atoms with E-state index >= 15 is 0 Å². The first-order chi connectivity index (χ1) is 11.7. The summed E-state index contributed by atoms with van der Waals surface area (Å²) in [5.41, 5.74) is 0.0668. The van der Waals surface area contributed by atoms with Gasteiger partial charge in [-0.3, -0.25) is 4.79 Å². The number of benzene rings is 1. The Bertz CT molecular complexity index is 550. The van der Waals surface area contributed by atoms with E-state index < -0.39 is 11.9 Å². The van der Waals surface area contributed by atoms with Crippen molar-refractivity contribution < 1.29 is 14.3 Å². The molecule has 0 spiro atoms. The van der Waals surface area contributed by atoms with Crippen LogP contribution in [0.1, 0.15) is 50.2 Å². The summed E-state index contributed by atoms with van der Waals surface area (Å²) in [5.74, 6) is -0.910. The molecule has 1 atom stereocenters. The third kappa shape index (κ3) is 3.95. The Morgan fingerprint density at radius 1 is 1.04 bits per heavy atom. The molecule has 2 fully saturated rings. The van der Waals surface area contributed by atoms with Crippen LogP contribution in [-0.2, 0) is 4.79 Å². The molecule has 2 aliphatic heterocycles. The maximum Gasteiger partial charge on any atom is 0.256 e. The van der Waals surface area contributed by atoms with Gasteiger partial charge in [0.05, 0.1) is 0 Å². The van der Waals surface area contributed by atoms with Crippen molar-refractivity contribution in [1.82, 2.24) is 9.80 Å². The highest BCUT2D eigenvalue weighted by atomic mass is 19.1. The predicted molar refractivity (Wildman–Crippen MR) is 91.0 cm³/mol. The SMILES string of the molecule is O=C([C@@H](O)c1ccccc1F)N1CCC(N2CCCCCC2)CC1. The zero-order valence-corrected chi connectivity index (χ0v) is 14.2. The van der Waals surface area contributed by atoms with Crippen molar-refractivity contribution in [2.75, 3.05) is 26.2 Å². The van der Waals surface area contributed by atoms with Crippen molar-refractivity contribution in [1.29, 1.82) is 0 Å². The Morgan fingerprint density at radius 3 is 2.29 bits per heavy atom. The van der Waals surface area contributed by atoms with Gasteiger partial charge in [-0.2, -0.15) is 0 Å². The van der Waals surface area contributed by atoms with Crippen LogP contribution in [0.3, 0.4) is 0 Å². The number of halogens is 1. The highest BCUT2D eigenvalue weighted by Gasteiger charge is 2.31. The van der Waals surface area contributed by atoms with E-state index in [9.17, 15) is 14.3 Å². The highest BCUT2D eigenvalue weighted by molar-refractivity contribution is 5.82. The number of piperidine rings is 1. The van der Waals surface area contributed by atoms with Crippen LogP contribution in [-0.4, -0.2) is 53.0 Å². The number of carbonyl (C=O) groups is 1. The first-order valence-electron chi connectivity index (χ1n) is 9.12. The monoisotopic (exact) mass is 334 g/mol. The van der Waals surface area contributed by atoms with E-state index in [1.165, 1.54) is 37.8 Å². The Balaban J connectivity index is 1.56. The average Bonchev–Trinajstić information content (AvgIpc) is 2.90. The van der Waals surface area contributed by atoms with Crippen molar-refractivity contribution in [3.8, 4) is 0 Å². The highest BCUT2D eigenvalue weighted by Crippen LogP contribution is 2.24. The Hall–Kier alpha value is -1.46. The zero-order chi connectivity index (χ0) is 16.9. The standard InChI is InChI=1S/C19H27FN2O2/c20-17-8-4-3-7-16(17)18(23)19(24)22-13-9-15(10-14-22)21-11-5-1-2-6-12-21/h3-4,7-8,15,18,23H,1-2,5-6,9-14H2/t18-/m0/s1. The van der Waals surface area contributed by atoms with Crippen molar-refractivity contribution in [2.24, 2.45) is 0 Å². The van der Waals surface area contributed by atoms with Gasteiger partial charge in [0.2, 0.25) is 0 Å². The van der Waals surface area contributed by atoms with Crippen LogP contribution in [0.2, 0.25) is 0 Å². The summed E-state index contributed by atoms with van der Waals surface area (Å²) in [7, 11) is 0. The van der Waals surface area contributed by atoms with Gasteiger partial charge in [-0.05, 0) is 44.8 Å². The van der Waals surface area contributed by atoms with Crippen LogP contribution in [0.15, 0.2) is 24.3 Å². The molecular weight excluding hydrogens is 307 g/mol. The zero-order valence-electron chi connectivity index (χ0n) is 14.2. The van der Waals surface area contributed by atoms with E-state index in [0.717, 1.165) is 25.9 Å². The van der Waals surface area contributed by atoms with Gasteiger partial charge < -0.3 is 14.9 Å². The molecule has 0 aromatic heterocycles. The molecule has 1 N–H and O–H groups in total. The summed E-state index contributed by atoms with van der Waals surface area (Å²) >= 11 is 0. The third-order valence-electron chi connectivity index (χ3n) is 5.37. The summed E-state index contributed by atoms with van der Waals surface area (Å²) in [4.78, 5) is 16.7. The largest absolute Gasteiger partial charge is 0.378 e. The number of aliphatic hydroxyl groups excluding tert-OH is 1. The number of rotatable bonds is 3. The molecule has 0 bridgehead atoms. The Morgan fingerprint density at radius 2 is 1.67 bits per heavy atom. The van der Waals surface area contributed by atoms with E-state index in [1.54, 1.807) is 17.0 Å². The molecule has 0 aliphatic carbocycles. The van der Waals surface area contributed by atoms with Crippen LogP contribution >= 0.6 is 0 Å². The molecule has 1 amide bonds. The molecule has 4 nitrogen and oxygen atoms in total. The molecule has 1 aromatic carbocycles. The van der Waals surface area contributed by atoms with E-state index in [4.69, 9.17) is 0 Å². The molecule has 0 unspecified atom stereocenters. The maximum atomic E-state index is 13.8. The summed E-state index contributed by atoms with van der Waals surface area (Å²) in [5, 5.41) is 10.2. The molecule has 2 saturated heterocycles. The second-order valence-corrected chi connectivity index (χ2v) is 6.93. The molecule has 132 valence electrons. The number of aliphatic hydroxyl groups is 1. The fourth-order valence-electron chi connectivity index (χ4n) is 3.91. The van der Waals surface area contributed by atoms with Gasteiger partial charge in [-0.25, -0.2) is 4.39 Å². The van der Waals surface area contributed by atoms with Crippen LogP contribution in [0, 0.1) is 5.82 Å². The van der Waals surface area contributed by atoms with E-state index in [2.05, 4.69) is 4.90 Å². The lowest BCUT2D eigenvalue weighted by Gasteiger charge is -2.38. The van der Waals surface area contributed by atoms with Crippen molar-refractivity contribution in [3.05, 3.63) is 35.6 Å². The molecule has 0 saturated carbocycles. The predicted octanol–water partition coefficient (Wildman–Crippen LogP) is 2.73. The number of hydrogen-bond acceptors (Lipinski definition) is 3. The molecule has 5 heteroatoms. The lowest BCUT2D eigenvalue weighted by molar-refractivity contribution is -0.142. The molecule has 24 heavy (non-hydrogen) atoms. The smallest absolute Gasteiger partial charge is 0.256 e. The minimum absolute atomic E-state index is 0.0668. The number of amides is 1. The number of likely N-dealkylation sites (tertiary alicyclic amines) is 2. The Kier molecular flexibility index (Phi) is 5.85. The second kappa shape index (κ2) is 8.08. The fourth-order valence-corrected chi connectivity index (χ4v) is 3.91. The summed E-state index contributed by atoms with van der Waals surface area (Å²) in [6.45, 7) is 3.62. The van der Waals surface area contributed by atoms with Crippen molar-refractivity contribution in [2.45, 2.75) is 50.7 Å². The van der Waals surface area contributed by atoms with Gasteiger partial charge in [0.25, 0.3) is 5.91 Å². The van der Waals surface area contributed by atoms with E-state index in [0.29, 0.717) is 19.1 Å². The molecular formula is C19H27FN2O2. The van der Waals surface area contributed by atoms with Gasteiger partial charge in [0.15, 0.2) is 6.10 Å². The van der Waals surface area contributed by atoms with Gasteiger partial charge in [0, 0.05) is 24.7 Å². The third-order valence-corrected chi connectivity index (χ3v) is 5.37. The lowest BCUT2D eigenvalue weighted by Crippen LogP contribution is -2.48. The van der Waals surface area contributed by atoms with Gasteiger partial charge in [-0.1, -0.05) is 31.0 Å². The molecule has 2 aliphatic rings. The van der Waals surface area contributed by atoms with Crippen LogP contribution in [0.25, 0.3) is 0 Å². The summed E-state index contributed by atoms with van der Waals surface area (Å²) in [6.07, 6.45) is 5.66. The summed E-state index contributed by atoms with van der Waals surface area (Å²) in [6, 6.07) is 6.49. The van der Waals surface area contributed by atoms with Crippen LogP contribution < -0.4 is 0 Å². The summed E-state index contributed by atoms with van der Waals surface area (Å²) < 4.78 is 13.8. The van der Waals surface area contributed by atoms with Crippen molar-refractivity contribution in [3.63, 3.8) is 0 Å². The van der Waals surface area contributed by atoms with Gasteiger partial charge >= 0.3 is 0 Å². The van der Waals surface area contributed by atoms with Gasteiger partial charge in [-0.15, -0.1) is 0 Å². The van der Waals surface area contributed by atoms with E-state index in [-0.39, 0.29) is 11.5 Å². The van der Waals surface area contributed by atoms with Crippen molar-refractivity contribution >= 4 is 5.91 Å². The molecule has 3 rings (SSSR count). The lowest BCUT2D eigenvalue weighted by atomic mass is 10.0.